The first-order valence-electron chi connectivity index (χ1n) is 3.15. The third-order valence-electron chi connectivity index (χ3n) is 0.812. The van der Waals surface area contributed by atoms with Gasteiger partial charge in [-0.1, -0.05) is 6.58 Å². The molecule has 0 spiro atoms. The number of hydrogen-bond donors (Lipinski definition) is 2. The van der Waals surface area contributed by atoms with Gasteiger partial charge < -0.3 is 5.11 Å². The van der Waals surface area contributed by atoms with Gasteiger partial charge in [-0.3, -0.25) is 10.4 Å². The molecule has 0 aliphatic carbocycles. The molecule has 0 bridgehead atoms. The van der Waals surface area contributed by atoms with Crippen molar-refractivity contribution in [3.8, 4) is 0 Å². The van der Waals surface area contributed by atoms with Gasteiger partial charge in [-0.2, -0.15) is 0 Å². The predicted molar refractivity (Wildman–Crippen MR) is 45.2 cm³/mol. The van der Waals surface area contributed by atoms with E-state index in [0.29, 0.717) is 0 Å². The zero-order valence-corrected chi connectivity index (χ0v) is 7.51. The van der Waals surface area contributed by atoms with Crippen molar-refractivity contribution in [2.75, 3.05) is 21.1 Å². The molecule has 0 aliphatic heterocycles. The summed E-state index contributed by atoms with van der Waals surface area (Å²) in [6.07, 6.45) is 0. The van der Waals surface area contributed by atoms with Crippen LogP contribution in [0.4, 0.5) is 0 Å². The number of nitrogens with zero attached hydrogens (tertiary/aromatic N) is 1. The Kier molecular flexibility index (Phi) is 8.41. The second kappa shape index (κ2) is 7.24. The summed E-state index contributed by atoms with van der Waals surface area (Å²) >= 11 is 0. The SMILES string of the molecule is C=C(C)C(=O)O.CNN(C)C. The van der Waals surface area contributed by atoms with Crippen molar-refractivity contribution in [2.45, 2.75) is 6.92 Å². The minimum Gasteiger partial charge on any atom is -0.478 e. The van der Waals surface area contributed by atoms with Gasteiger partial charge in [0.05, 0.1) is 0 Å². The molecular formula is C7H16N2O2. The maximum atomic E-state index is 9.60. The van der Waals surface area contributed by atoms with Gasteiger partial charge in [-0.05, 0) is 14.0 Å². The quantitative estimate of drug-likeness (QED) is 0.451. The Morgan fingerprint density at radius 2 is 1.73 bits per heavy atom. The molecule has 0 saturated carbocycles. The Morgan fingerprint density at radius 1 is 1.55 bits per heavy atom. The van der Waals surface area contributed by atoms with E-state index >= 15 is 0 Å². The van der Waals surface area contributed by atoms with Crippen LogP contribution in [0.1, 0.15) is 6.92 Å². The summed E-state index contributed by atoms with van der Waals surface area (Å²) in [4.78, 5) is 9.60. The van der Waals surface area contributed by atoms with Crippen LogP contribution < -0.4 is 5.43 Å². The molecule has 0 aromatic rings. The lowest BCUT2D eigenvalue weighted by molar-refractivity contribution is -0.132. The normalized spacial score (nSPS) is 8.45. The third kappa shape index (κ3) is 17.6. The fraction of sp³-hybridized carbons (Fsp3) is 0.571. The summed E-state index contributed by atoms with van der Waals surface area (Å²) < 4.78 is 0. The molecule has 0 heterocycles. The average molecular weight is 160 g/mol. The molecule has 11 heavy (non-hydrogen) atoms. The first kappa shape index (κ1) is 12.8. The van der Waals surface area contributed by atoms with Crippen LogP contribution in [0.2, 0.25) is 0 Å². The molecule has 0 saturated heterocycles. The lowest BCUT2D eigenvalue weighted by atomic mass is 10.4. The predicted octanol–water partition coefficient (Wildman–Crippen LogP) is 0.329. The Bertz CT molecular complexity index is 120. The molecule has 4 heteroatoms. The van der Waals surface area contributed by atoms with E-state index in [4.69, 9.17) is 5.11 Å². The summed E-state index contributed by atoms with van der Waals surface area (Å²) in [5.41, 5.74) is 3.04. The highest BCUT2D eigenvalue weighted by atomic mass is 16.4. The summed E-state index contributed by atoms with van der Waals surface area (Å²) in [5, 5.41) is 9.77. The van der Waals surface area contributed by atoms with Crippen molar-refractivity contribution in [2.24, 2.45) is 0 Å². The highest BCUT2D eigenvalue weighted by molar-refractivity contribution is 5.84. The number of nitrogens with one attached hydrogen (secondary N) is 1. The fourth-order valence-electron chi connectivity index (χ4n) is 0. The van der Waals surface area contributed by atoms with Crippen LogP contribution in [0.3, 0.4) is 0 Å². The molecule has 0 fully saturated rings. The lowest BCUT2D eigenvalue weighted by Crippen LogP contribution is -2.25. The summed E-state index contributed by atoms with van der Waals surface area (Å²) in [6, 6.07) is 0. The van der Waals surface area contributed by atoms with E-state index in [-0.39, 0.29) is 5.57 Å². The Hall–Kier alpha value is -0.870. The van der Waals surface area contributed by atoms with Crippen LogP contribution in [-0.4, -0.2) is 37.2 Å². The number of carboxylic acid groups (broad SMARTS) is 1. The lowest BCUT2D eigenvalue weighted by Gasteiger charge is -2.02. The summed E-state index contributed by atoms with van der Waals surface area (Å²) in [7, 11) is 5.76. The van der Waals surface area contributed by atoms with E-state index in [1.807, 2.05) is 26.2 Å². The van der Waals surface area contributed by atoms with Gasteiger partial charge in [0.15, 0.2) is 0 Å². The molecule has 0 aliphatic rings. The van der Waals surface area contributed by atoms with E-state index in [1.165, 1.54) is 6.92 Å². The highest BCUT2D eigenvalue weighted by Gasteiger charge is 1.90. The van der Waals surface area contributed by atoms with Gasteiger partial charge in [0.1, 0.15) is 0 Å². The monoisotopic (exact) mass is 160 g/mol. The standard InChI is InChI=1S/C4H6O2.C3H10N2/c1-3(2)4(5)6;1-4-5(2)3/h1H2,2H3,(H,5,6);4H,1-3H3. The molecule has 4 nitrogen and oxygen atoms in total. The summed E-state index contributed by atoms with van der Waals surface area (Å²) in [6.45, 7) is 4.60. The topological polar surface area (TPSA) is 52.6 Å². The first-order valence-corrected chi connectivity index (χ1v) is 3.15. The van der Waals surface area contributed by atoms with Crippen molar-refractivity contribution in [3.05, 3.63) is 12.2 Å². The van der Waals surface area contributed by atoms with Crippen LogP contribution in [0.5, 0.6) is 0 Å². The Balaban J connectivity index is 0. The molecule has 0 radical (unpaired) electrons. The molecule has 0 aromatic heterocycles. The second-order valence-electron chi connectivity index (χ2n) is 2.20. The molecule has 0 atom stereocenters. The fourth-order valence-corrected chi connectivity index (χ4v) is 0. The highest BCUT2D eigenvalue weighted by Crippen LogP contribution is 1.81. The molecule has 0 rings (SSSR count). The number of carbonyl (C=O) groups is 1. The minimum absolute atomic E-state index is 0.176. The second-order valence-corrected chi connectivity index (χ2v) is 2.20. The van der Waals surface area contributed by atoms with Crippen molar-refractivity contribution >= 4 is 5.97 Å². The number of aliphatic carboxylic acids is 1. The maximum absolute atomic E-state index is 9.60. The number of hydrazine groups is 1. The van der Waals surface area contributed by atoms with Crippen molar-refractivity contribution in [3.63, 3.8) is 0 Å². The Labute approximate surface area is 67.5 Å². The molecule has 0 aromatic carbocycles. The van der Waals surface area contributed by atoms with Crippen LogP contribution in [0, 0.1) is 0 Å². The van der Waals surface area contributed by atoms with Gasteiger partial charge in [-0.15, -0.1) is 0 Å². The molecule has 0 unspecified atom stereocenters. The van der Waals surface area contributed by atoms with E-state index in [2.05, 4.69) is 12.0 Å². The van der Waals surface area contributed by atoms with Crippen LogP contribution in [0.25, 0.3) is 0 Å². The van der Waals surface area contributed by atoms with E-state index < -0.39 is 5.97 Å². The zero-order chi connectivity index (χ0) is 9.44. The average Bonchev–Trinajstić information content (AvgIpc) is 1.89. The van der Waals surface area contributed by atoms with Gasteiger partial charge in [0, 0.05) is 19.7 Å². The minimum atomic E-state index is -0.935. The van der Waals surface area contributed by atoms with Gasteiger partial charge in [-0.25, -0.2) is 4.79 Å². The molecule has 0 amide bonds. The zero-order valence-electron chi connectivity index (χ0n) is 7.51. The smallest absolute Gasteiger partial charge is 0.330 e. The third-order valence-corrected chi connectivity index (χ3v) is 0.812. The van der Waals surface area contributed by atoms with E-state index in [0.717, 1.165) is 0 Å². The van der Waals surface area contributed by atoms with E-state index in [1.54, 1.807) is 0 Å². The first-order chi connectivity index (χ1) is 4.91. The van der Waals surface area contributed by atoms with Gasteiger partial charge >= 0.3 is 5.97 Å². The largest absolute Gasteiger partial charge is 0.478 e. The number of rotatable bonds is 2. The molecular weight excluding hydrogens is 144 g/mol. The van der Waals surface area contributed by atoms with Gasteiger partial charge in [0.2, 0.25) is 0 Å². The number of carboxylic acids is 1. The maximum Gasteiger partial charge on any atom is 0.330 e. The van der Waals surface area contributed by atoms with Crippen molar-refractivity contribution < 1.29 is 9.90 Å². The number of hydrogen-bond acceptors (Lipinski definition) is 3. The summed E-state index contributed by atoms with van der Waals surface area (Å²) in [5.74, 6) is -0.935. The van der Waals surface area contributed by atoms with Crippen molar-refractivity contribution in [1.29, 1.82) is 0 Å². The van der Waals surface area contributed by atoms with Crippen LogP contribution >= 0.6 is 0 Å². The van der Waals surface area contributed by atoms with Crippen molar-refractivity contribution in [1.82, 2.24) is 10.4 Å². The van der Waals surface area contributed by atoms with Crippen LogP contribution in [0.15, 0.2) is 12.2 Å². The molecule has 66 valence electrons. The van der Waals surface area contributed by atoms with E-state index in [9.17, 15) is 4.79 Å². The molecule has 2 N–H and O–H groups in total. The van der Waals surface area contributed by atoms with Crippen LogP contribution in [-0.2, 0) is 4.79 Å². The Morgan fingerprint density at radius 3 is 1.73 bits per heavy atom. The van der Waals surface area contributed by atoms with Gasteiger partial charge in [0.25, 0.3) is 0 Å².